The minimum Gasteiger partial charge on any atom is -0.366 e. The number of hydrazone groups is 1. The zero-order chi connectivity index (χ0) is 11.0. The summed E-state index contributed by atoms with van der Waals surface area (Å²) in [5, 5.41) is 6.30. The molecule has 0 aliphatic carbocycles. The van der Waals surface area contributed by atoms with Crippen molar-refractivity contribution in [1.82, 2.24) is 9.91 Å². The van der Waals surface area contributed by atoms with Gasteiger partial charge in [-0.25, -0.2) is 0 Å². The van der Waals surface area contributed by atoms with Crippen LogP contribution in [0.3, 0.4) is 0 Å². The van der Waals surface area contributed by atoms with Gasteiger partial charge in [-0.3, -0.25) is 4.58 Å². The van der Waals surface area contributed by atoms with Crippen LogP contribution in [0, 0.1) is 0 Å². The second kappa shape index (κ2) is 7.35. The monoisotopic (exact) mass is 199 g/mol. The topological polar surface area (TPSA) is 21.9 Å². The Morgan fingerprint density at radius 2 is 1.93 bits per heavy atom. The van der Waals surface area contributed by atoms with Crippen molar-refractivity contribution in [2.24, 2.45) is 5.10 Å². The first-order valence-electron chi connectivity index (χ1n) is 5.04. The van der Waals surface area contributed by atoms with Crippen LogP contribution in [0.4, 0.5) is 0 Å². The van der Waals surface area contributed by atoms with Gasteiger partial charge in [0, 0.05) is 14.1 Å². The predicted molar refractivity (Wildman–Crippen MR) is 62.0 cm³/mol. The molecule has 4 nitrogen and oxygen atoms in total. The van der Waals surface area contributed by atoms with Gasteiger partial charge in [0.25, 0.3) is 6.34 Å². The Balaban J connectivity index is 4.17. The Labute approximate surface area is 87.5 Å². The van der Waals surface area contributed by atoms with Crippen molar-refractivity contribution in [3.63, 3.8) is 0 Å². The maximum absolute atomic E-state index is 4.34. The van der Waals surface area contributed by atoms with E-state index in [0.29, 0.717) is 0 Å². The number of rotatable bonds is 6. The molecule has 0 aromatic heterocycles. The van der Waals surface area contributed by atoms with Crippen LogP contribution in [0.1, 0.15) is 19.8 Å². The number of unbranched alkanes of at least 4 members (excludes halogenated alkanes) is 1. The maximum Gasteiger partial charge on any atom is 0.259 e. The summed E-state index contributed by atoms with van der Waals surface area (Å²) in [6.45, 7) is 3.16. The lowest BCUT2D eigenvalue weighted by Gasteiger charge is -2.08. The highest BCUT2D eigenvalue weighted by atomic mass is 15.5. The molecule has 0 unspecified atom stereocenters. The van der Waals surface area contributed by atoms with Crippen molar-refractivity contribution >= 4 is 12.7 Å². The molecule has 14 heavy (non-hydrogen) atoms. The molecule has 0 aromatic carbocycles. The summed E-state index contributed by atoms with van der Waals surface area (Å²) in [4.78, 5) is 1.93. The fourth-order valence-corrected chi connectivity index (χ4v) is 0.902. The van der Waals surface area contributed by atoms with Gasteiger partial charge >= 0.3 is 0 Å². The molecule has 0 radical (unpaired) electrons. The van der Waals surface area contributed by atoms with Crippen molar-refractivity contribution in [2.45, 2.75) is 19.8 Å². The van der Waals surface area contributed by atoms with Gasteiger partial charge in [0.15, 0.2) is 0 Å². The van der Waals surface area contributed by atoms with E-state index in [0.717, 1.165) is 13.0 Å². The lowest BCUT2D eigenvalue weighted by Crippen LogP contribution is -2.23. The molecule has 82 valence electrons. The molecular formula is C10H23N4+. The van der Waals surface area contributed by atoms with Gasteiger partial charge in [0.2, 0.25) is 0 Å². The molecule has 0 N–H and O–H groups in total. The Bertz CT molecular complexity index is 192. The lowest BCUT2D eigenvalue weighted by molar-refractivity contribution is -0.464. The lowest BCUT2D eigenvalue weighted by atomic mass is 10.3. The first kappa shape index (κ1) is 12.9. The van der Waals surface area contributed by atoms with E-state index in [1.54, 1.807) is 0 Å². The van der Waals surface area contributed by atoms with E-state index in [1.165, 1.54) is 6.42 Å². The van der Waals surface area contributed by atoms with Gasteiger partial charge in [-0.15, -0.1) is 5.01 Å². The van der Waals surface area contributed by atoms with Crippen LogP contribution in [0.25, 0.3) is 0 Å². The summed E-state index contributed by atoms with van der Waals surface area (Å²) in [6.07, 6.45) is 6.16. The molecule has 0 rings (SSSR count). The smallest absolute Gasteiger partial charge is 0.259 e. The zero-order valence-electron chi connectivity index (χ0n) is 10.1. The molecule has 0 saturated heterocycles. The number of nitrogens with zero attached hydrogens (tertiary/aromatic N) is 4. The number of hydrogen-bond donors (Lipinski definition) is 0. The summed E-state index contributed by atoms with van der Waals surface area (Å²) >= 11 is 0. The quantitative estimate of drug-likeness (QED) is 0.274. The average Bonchev–Trinajstić information content (AvgIpc) is 2.09. The Morgan fingerprint density at radius 1 is 1.29 bits per heavy atom. The maximum atomic E-state index is 4.34. The van der Waals surface area contributed by atoms with Gasteiger partial charge in [-0.1, -0.05) is 18.4 Å². The van der Waals surface area contributed by atoms with Crippen LogP contribution in [0.5, 0.6) is 0 Å². The normalized spacial score (nSPS) is 10.4. The molecule has 0 heterocycles. The van der Waals surface area contributed by atoms with Gasteiger partial charge in [0.1, 0.15) is 12.9 Å². The summed E-state index contributed by atoms with van der Waals surface area (Å²) in [5.41, 5.74) is 0. The van der Waals surface area contributed by atoms with E-state index >= 15 is 0 Å². The standard InChI is InChI=1S/C10H23N4/c1-6-7-8-14(10-13(4)5)11-9-12(2)3/h9-10H,6-8H2,1-5H3/q+1/b11-9+. The van der Waals surface area contributed by atoms with E-state index in [2.05, 4.69) is 12.0 Å². The Kier molecular flexibility index (Phi) is 6.80. The van der Waals surface area contributed by atoms with E-state index in [-0.39, 0.29) is 0 Å². The molecule has 0 bridgehead atoms. The largest absolute Gasteiger partial charge is 0.366 e. The van der Waals surface area contributed by atoms with Crippen molar-refractivity contribution in [3.8, 4) is 0 Å². The van der Waals surface area contributed by atoms with Gasteiger partial charge in [-0.05, 0) is 6.42 Å². The third-order valence-corrected chi connectivity index (χ3v) is 1.54. The van der Waals surface area contributed by atoms with Crippen molar-refractivity contribution in [2.75, 3.05) is 34.7 Å². The molecule has 0 atom stereocenters. The fourth-order valence-electron chi connectivity index (χ4n) is 0.902. The minimum atomic E-state index is 0.971. The van der Waals surface area contributed by atoms with Crippen molar-refractivity contribution in [3.05, 3.63) is 0 Å². The molecule has 0 spiro atoms. The van der Waals surface area contributed by atoms with Gasteiger partial charge in [-0.2, -0.15) is 0 Å². The van der Waals surface area contributed by atoms with E-state index in [4.69, 9.17) is 0 Å². The SMILES string of the molecule is CCCCN(C=[N+](C)C)/N=C/N(C)C. The average molecular weight is 199 g/mol. The molecule has 0 fully saturated rings. The molecular weight excluding hydrogens is 176 g/mol. The van der Waals surface area contributed by atoms with E-state index in [9.17, 15) is 0 Å². The van der Waals surface area contributed by atoms with Crippen molar-refractivity contribution in [1.29, 1.82) is 0 Å². The molecule has 0 amide bonds. The first-order valence-corrected chi connectivity index (χ1v) is 5.04. The second-order valence-corrected chi connectivity index (χ2v) is 3.79. The third kappa shape index (κ3) is 7.58. The summed E-state index contributed by atoms with van der Waals surface area (Å²) in [5.74, 6) is 0. The highest BCUT2D eigenvalue weighted by Crippen LogP contribution is 1.92. The van der Waals surface area contributed by atoms with E-state index in [1.807, 2.05) is 55.4 Å². The highest BCUT2D eigenvalue weighted by Gasteiger charge is 2.03. The van der Waals surface area contributed by atoms with Crippen LogP contribution < -0.4 is 0 Å². The predicted octanol–water partition coefficient (Wildman–Crippen LogP) is 0.894. The molecule has 4 heteroatoms. The van der Waals surface area contributed by atoms with Gasteiger partial charge < -0.3 is 4.90 Å². The first-order chi connectivity index (χ1) is 6.56. The second-order valence-electron chi connectivity index (χ2n) is 3.79. The third-order valence-electron chi connectivity index (χ3n) is 1.54. The molecule has 0 aliphatic heterocycles. The Hall–Kier alpha value is -1.06. The van der Waals surface area contributed by atoms with Gasteiger partial charge in [0.05, 0.1) is 14.1 Å². The molecule has 0 aromatic rings. The highest BCUT2D eigenvalue weighted by molar-refractivity contribution is 5.57. The summed E-state index contributed by atoms with van der Waals surface area (Å²) in [6, 6.07) is 0. The van der Waals surface area contributed by atoms with Crippen LogP contribution >= 0.6 is 0 Å². The van der Waals surface area contributed by atoms with Crippen LogP contribution in [-0.2, 0) is 0 Å². The number of hydrogen-bond acceptors (Lipinski definition) is 1. The van der Waals surface area contributed by atoms with Crippen LogP contribution in [0.15, 0.2) is 5.10 Å². The summed E-state index contributed by atoms with van der Waals surface area (Å²) in [7, 11) is 7.95. The summed E-state index contributed by atoms with van der Waals surface area (Å²) < 4.78 is 2.00. The molecule has 0 saturated carbocycles. The van der Waals surface area contributed by atoms with Crippen molar-refractivity contribution < 1.29 is 4.58 Å². The minimum absolute atomic E-state index is 0.971. The van der Waals surface area contributed by atoms with Crippen LogP contribution in [0.2, 0.25) is 0 Å². The van der Waals surface area contributed by atoms with E-state index < -0.39 is 0 Å². The van der Waals surface area contributed by atoms with Crippen LogP contribution in [-0.4, -0.2) is 61.9 Å². The Morgan fingerprint density at radius 3 is 2.36 bits per heavy atom. The molecule has 0 aliphatic rings. The fraction of sp³-hybridized carbons (Fsp3) is 0.800. The zero-order valence-corrected chi connectivity index (χ0v) is 10.1.